The quantitative estimate of drug-likeness (QED) is 0.864. The van der Waals surface area contributed by atoms with Crippen LogP contribution in [0.2, 0.25) is 0 Å². The van der Waals surface area contributed by atoms with Crippen LogP contribution in [0.5, 0.6) is 0 Å². The number of hydrogen-bond donors (Lipinski definition) is 1. The fourth-order valence-corrected chi connectivity index (χ4v) is 3.75. The van der Waals surface area contributed by atoms with E-state index in [4.69, 9.17) is 11.6 Å². The van der Waals surface area contributed by atoms with E-state index in [1.165, 1.54) is 0 Å². The first-order valence-electron chi connectivity index (χ1n) is 4.69. The molecule has 0 bridgehead atoms. The van der Waals surface area contributed by atoms with E-state index in [9.17, 15) is 8.42 Å². The highest BCUT2D eigenvalue weighted by Crippen LogP contribution is 2.28. The zero-order chi connectivity index (χ0) is 12.3. The highest BCUT2D eigenvalue weighted by atomic mass is 79.9. The van der Waals surface area contributed by atoms with Crippen molar-refractivity contribution in [1.29, 1.82) is 0 Å². The molecular formula is C10H13BrClNO2S. The second kappa shape index (κ2) is 5.38. The third-order valence-electron chi connectivity index (χ3n) is 2.04. The summed E-state index contributed by atoms with van der Waals surface area (Å²) in [6, 6.07) is 3.79. The number of anilines is 1. The van der Waals surface area contributed by atoms with Gasteiger partial charge in [-0.05, 0) is 47.0 Å². The van der Waals surface area contributed by atoms with Crippen LogP contribution in [0.15, 0.2) is 16.6 Å². The number of sulfonamides is 1. The molecule has 0 saturated carbocycles. The fraction of sp³-hybridized carbons (Fsp3) is 0.400. The largest absolute Gasteiger partial charge is 0.282 e. The van der Waals surface area contributed by atoms with Crippen molar-refractivity contribution >= 4 is 43.2 Å². The molecule has 0 saturated heterocycles. The molecule has 0 unspecified atom stereocenters. The predicted molar refractivity (Wildman–Crippen MR) is 71.7 cm³/mol. The van der Waals surface area contributed by atoms with E-state index < -0.39 is 10.0 Å². The first kappa shape index (κ1) is 13.8. The smallest absolute Gasteiger partial charge is 0.233 e. The molecule has 6 heteroatoms. The molecule has 1 rings (SSSR count). The van der Waals surface area contributed by atoms with Crippen molar-refractivity contribution in [1.82, 2.24) is 0 Å². The maximum absolute atomic E-state index is 11.6. The van der Waals surface area contributed by atoms with E-state index in [2.05, 4.69) is 20.7 Å². The summed E-state index contributed by atoms with van der Waals surface area (Å²) in [6.45, 7) is 3.81. The Morgan fingerprint density at radius 1 is 1.38 bits per heavy atom. The van der Waals surface area contributed by atoms with Gasteiger partial charge in [-0.1, -0.05) is 6.07 Å². The van der Waals surface area contributed by atoms with Gasteiger partial charge in [0.15, 0.2) is 0 Å². The first-order valence-corrected chi connectivity index (χ1v) is 7.67. The zero-order valence-corrected chi connectivity index (χ0v) is 12.2. The van der Waals surface area contributed by atoms with Crippen molar-refractivity contribution in [3.63, 3.8) is 0 Å². The van der Waals surface area contributed by atoms with E-state index in [1.807, 2.05) is 26.0 Å². The zero-order valence-electron chi connectivity index (χ0n) is 9.05. The highest BCUT2D eigenvalue weighted by molar-refractivity contribution is 9.10. The molecule has 0 aliphatic heterocycles. The SMILES string of the molecule is Cc1cc(C)c(NS(=O)(=O)CCCl)c(Br)c1. The van der Waals surface area contributed by atoms with Crippen molar-refractivity contribution in [3.05, 3.63) is 27.7 Å². The van der Waals surface area contributed by atoms with Crippen LogP contribution in [-0.2, 0) is 10.0 Å². The van der Waals surface area contributed by atoms with Crippen molar-refractivity contribution in [3.8, 4) is 0 Å². The Bertz CT molecular complexity index is 465. The van der Waals surface area contributed by atoms with Crippen molar-refractivity contribution in [2.24, 2.45) is 0 Å². The maximum atomic E-state index is 11.6. The first-order chi connectivity index (χ1) is 7.35. The molecule has 0 aliphatic carbocycles. The molecule has 0 amide bonds. The summed E-state index contributed by atoms with van der Waals surface area (Å²) >= 11 is 8.77. The Kier molecular flexibility index (Phi) is 4.64. The molecule has 90 valence electrons. The van der Waals surface area contributed by atoms with Gasteiger partial charge in [-0.3, -0.25) is 4.72 Å². The predicted octanol–water partition coefficient (Wildman–Crippen LogP) is 3.05. The van der Waals surface area contributed by atoms with E-state index >= 15 is 0 Å². The van der Waals surface area contributed by atoms with Gasteiger partial charge in [0.2, 0.25) is 10.0 Å². The van der Waals surface area contributed by atoms with Crippen molar-refractivity contribution in [2.45, 2.75) is 13.8 Å². The van der Waals surface area contributed by atoms with Gasteiger partial charge in [-0.25, -0.2) is 8.42 Å². The summed E-state index contributed by atoms with van der Waals surface area (Å²) in [7, 11) is -3.35. The number of halogens is 2. The third-order valence-corrected chi connectivity index (χ3v) is 4.33. The monoisotopic (exact) mass is 325 g/mol. The molecule has 16 heavy (non-hydrogen) atoms. The van der Waals surface area contributed by atoms with E-state index in [-0.39, 0.29) is 11.6 Å². The molecule has 0 radical (unpaired) electrons. The summed E-state index contributed by atoms with van der Waals surface area (Å²) in [6.07, 6.45) is 0. The number of hydrogen-bond acceptors (Lipinski definition) is 2. The Morgan fingerprint density at radius 2 is 2.00 bits per heavy atom. The molecule has 0 spiro atoms. The average molecular weight is 327 g/mol. The molecular weight excluding hydrogens is 314 g/mol. The van der Waals surface area contributed by atoms with Crippen LogP contribution in [0.25, 0.3) is 0 Å². The minimum atomic E-state index is -3.35. The van der Waals surface area contributed by atoms with E-state index in [0.717, 1.165) is 15.6 Å². The number of aryl methyl sites for hydroxylation is 2. The minimum Gasteiger partial charge on any atom is -0.282 e. The van der Waals surface area contributed by atoms with Gasteiger partial charge in [0.25, 0.3) is 0 Å². The number of benzene rings is 1. The summed E-state index contributed by atoms with van der Waals surface area (Å²) in [5, 5.41) is 0. The second-order valence-electron chi connectivity index (χ2n) is 3.55. The molecule has 3 nitrogen and oxygen atoms in total. The van der Waals surface area contributed by atoms with Gasteiger partial charge in [0.1, 0.15) is 0 Å². The van der Waals surface area contributed by atoms with Crippen LogP contribution in [0.3, 0.4) is 0 Å². The second-order valence-corrected chi connectivity index (χ2v) is 6.62. The molecule has 1 aromatic rings. The summed E-state index contributed by atoms with van der Waals surface area (Å²) in [4.78, 5) is 0. The highest BCUT2D eigenvalue weighted by Gasteiger charge is 2.13. The number of alkyl halides is 1. The summed E-state index contributed by atoms with van der Waals surface area (Å²) in [5.41, 5.74) is 2.53. The molecule has 0 atom stereocenters. The Morgan fingerprint density at radius 3 is 2.50 bits per heavy atom. The number of nitrogens with one attached hydrogen (secondary N) is 1. The Hall–Kier alpha value is -0.260. The third kappa shape index (κ3) is 3.64. The summed E-state index contributed by atoms with van der Waals surface area (Å²) < 4.78 is 26.4. The molecule has 0 aromatic heterocycles. The van der Waals surface area contributed by atoms with E-state index in [1.54, 1.807) is 0 Å². The lowest BCUT2D eigenvalue weighted by Crippen LogP contribution is -2.18. The molecule has 0 fully saturated rings. The van der Waals surface area contributed by atoms with Crippen LogP contribution < -0.4 is 4.72 Å². The molecule has 1 N–H and O–H groups in total. The van der Waals surface area contributed by atoms with Gasteiger partial charge >= 0.3 is 0 Å². The van der Waals surface area contributed by atoms with Crippen LogP contribution in [-0.4, -0.2) is 20.1 Å². The van der Waals surface area contributed by atoms with Gasteiger partial charge in [-0.15, -0.1) is 11.6 Å². The van der Waals surface area contributed by atoms with Crippen LogP contribution in [0.1, 0.15) is 11.1 Å². The molecule has 1 aromatic carbocycles. The topological polar surface area (TPSA) is 46.2 Å². The average Bonchev–Trinajstić information content (AvgIpc) is 2.11. The lowest BCUT2D eigenvalue weighted by atomic mass is 10.1. The van der Waals surface area contributed by atoms with Crippen molar-refractivity contribution in [2.75, 3.05) is 16.4 Å². The van der Waals surface area contributed by atoms with Crippen molar-refractivity contribution < 1.29 is 8.42 Å². The molecule has 0 aliphatic rings. The normalized spacial score (nSPS) is 11.5. The lowest BCUT2D eigenvalue weighted by Gasteiger charge is -2.12. The standard InChI is InChI=1S/C10H13BrClNO2S/c1-7-5-8(2)10(9(11)6-7)13-16(14,15)4-3-12/h5-6,13H,3-4H2,1-2H3. The van der Waals surface area contributed by atoms with Gasteiger partial charge in [-0.2, -0.15) is 0 Å². The van der Waals surface area contributed by atoms with Crippen LogP contribution in [0.4, 0.5) is 5.69 Å². The fourth-order valence-electron chi connectivity index (χ4n) is 1.35. The minimum absolute atomic E-state index is 0.0812. The number of rotatable bonds is 4. The van der Waals surface area contributed by atoms with Gasteiger partial charge in [0.05, 0.1) is 11.4 Å². The van der Waals surface area contributed by atoms with E-state index in [0.29, 0.717) is 5.69 Å². The van der Waals surface area contributed by atoms with Crippen LogP contribution >= 0.6 is 27.5 Å². The van der Waals surface area contributed by atoms with Gasteiger partial charge in [0, 0.05) is 10.4 Å². The lowest BCUT2D eigenvalue weighted by molar-refractivity contribution is 0.602. The van der Waals surface area contributed by atoms with Crippen LogP contribution in [0, 0.1) is 13.8 Å². The molecule has 0 heterocycles. The summed E-state index contributed by atoms with van der Waals surface area (Å²) in [5.74, 6) is -0.00776. The Balaban J connectivity index is 3.07. The Labute approximate surface area is 109 Å². The van der Waals surface area contributed by atoms with Gasteiger partial charge < -0.3 is 0 Å². The maximum Gasteiger partial charge on any atom is 0.233 e.